The molecular formula is C10H11NO3. The first-order chi connectivity index (χ1) is 6.76. The van der Waals surface area contributed by atoms with Gasteiger partial charge in [0.25, 0.3) is 0 Å². The van der Waals surface area contributed by atoms with E-state index in [0.29, 0.717) is 5.88 Å². The normalized spacial score (nSPS) is 10.1. The highest BCUT2D eigenvalue weighted by molar-refractivity contribution is 5.86. The van der Waals surface area contributed by atoms with Crippen molar-refractivity contribution in [3.8, 4) is 5.88 Å². The van der Waals surface area contributed by atoms with E-state index in [2.05, 4.69) is 9.72 Å². The van der Waals surface area contributed by atoms with E-state index >= 15 is 0 Å². The Bertz CT molecular complexity index is 330. The molecule has 0 aliphatic rings. The van der Waals surface area contributed by atoms with Gasteiger partial charge in [-0.3, -0.25) is 0 Å². The molecule has 1 rings (SSSR count). The van der Waals surface area contributed by atoms with E-state index in [4.69, 9.17) is 4.74 Å². The molecule has 0 saturated heterocycles. The molecular weight excluding hydrogens is 182 g/mol. The van der Waals surface area contributed by atoms with Crippen LogP contribution < -0.4 is 4.74 Å². The predicted molar refractivity (Wildman–Crippen MR) is 51.8 cm³/mol. The summed E-state index contributed by atoms with van der Waals surface area (Å²) >= 11 is 0. The van der Waals surface area contributed by atoms with E-state index in [1.54, 1.807) is 31.5 Å². The van der Waals surface area contributed by atoms with Gasteiger partial charge in [-0.1, -0.05) is 0 Å². The van der Waals surface area contributed by atoms with Gasteiger partial charge < -0.3 is 9.47 Å². The minimum absolute atomic E-state index is 0.388. The number of rotatable bonds is 3. The van der Waals surface area contributed by atoms with Crippen LogP contribution in [-0.2, 0) is 9.53 Å². The average molecular weight is 193 g/mol. The Morgan fingerprint density at radius 1 is 1.43 bits per heavy atom. The van der Waals surface area contributed by atoms with Crippen molar-refractivity contribution in [3.63, 3.8) is 0 Å². The molecule has 14 heavy (non-hydrogen) atoms. The summed E-state index contributed by atoms with van der Waals surface area (Å²) in [6.45, 7) is 0. The minimum Gasteiger partial charge on any atom is -0.481 e. The molecule has 0 aliphatic heterocycles. The summed E-state index contributed by atoms with van der Waals surface area (Å²) in [4.78, 5) is 14.7. The summed E-state index contributed by atoms with van der Waals surface area (Å²) in [6, 6.07) is 3.52. The molecule has 0 aliphatic carbocycles. The largest absolute Gasteiger partial charge is 0.481 e. The molecule has 0 amide bonds. The van der Waals surface area contributed by atoms with Gasteiger partial charge in [0, 0.05) is 18.3 Å². The smallest absolute Gasteiger partial charge is 0.330 e. The summed E-state index contributed by atoms with van der Waals surface area (Å²) in [5.74, 6) is 0.154. The summed E-state index contributed by atoms with van der Waals surface area (Å²) < 4.78 is 9.34. The zero-order valence-electron chi connectivity index (χ0n) is 8.06. The van der Waals surface area contributed by atoms with Crippen molar-refractivity contribution in [2.45, 2.75) is 0 Å². The van der Waals surface area contributed by atoms with Crippen LogP contribution in [-0.4, -0.2) is 25.2 Å². The van der Waals surface area contributed by atoms with Crippen molar-refractivity contribution in [1.82, 2.24) is 4.98 Å². The molecule has 0 atom stereocenters. The molecule has 4 nitrogen and oxygen atoms in total. The van der Waals surface area contributed by atoms with E-state index in [1.807, 2.05) is 0 Å². The molecule has 0 aromatic carbocycles. The molecule has 0 spiro atoms. The standard InChI is InChI=1S/C10H11NO3/c1-13-9-5-3-8(7-11-9)4-6-10(12)14-2/h3-7H,1-2H3/b6-4+. The van der Waals surface area contributed by atoms with Crippen LogP contribution in [0.3, 0.4) is 0 Å². The number of pyridine rings is 1. The Morgan fingerprint density at radius 3 is 2.71 bits per heavy atom. The van der Waals surface area contributed by atoms with Crippen molar-refractivity contribution in [1.29, 1.82) is 0 Å². The van der Waals surface area contributed by atoms with Crippen LogP contribution in [0.25, 0.3) is 6.08 Å². The lowest BCUT2D eigenvalue weighted by Crippen LogP contribution is -1.93. The number of carbonyl (C=O) groups is 1. The van der Waals surface area contributed by atoms with Gasteiger partial charge in [0.1, 0.15) is 0 Å². The molecule has 0 bridgehead atoms. The summed E-state index contributed by atoms with van der Waals surface area (Å²) in [5, 5.41) is 0. The van der Waals surface area contributed by atoms with Gasteiger partial charge in [-0.15, -0.1) is 0 Å². The first kappa shape index (κ1) is 10.2. The Hall–Kier alpha value is -1.84. The highest BCUT2D eigenvalue weighted by Crippen LogP contribution is 2.07. The Labute approximate surface area is 82.2 Å². The van der Waals surface area contributed by atoms with Gasteiger partial charge in [0.05, 0.1) is 14.2 Å². The number of ether oxygens (including phenoxy) is 2. The van der Waals surface area contributed by atoms with Gasteiger partial charge in [0.2, 0.25) is 5.88 Å². The Kier molecular flexibility index (Phi) is 3.67. The highest BCUT2D eigenvalue weighted by atomic mass is 16.5. The van der Waals surface area contributed by atoms with Crippen molar-refractivity contribution < 1.29 is 14.3 Å². The number of aromatic nitrogens is 1. The van der Waals surface area contributed by atoms with Crippen LogP contribution in [0.5, 0.6) is 5.88 Å². The van der Waals surface area contributed by atoms with Crippen molar-refractivity contribution in [3.05, 3.63) is 30.0 Å². The third-order valence-corrected chi connectivity index (χ3v) is 1.58. The number of carbonyl (C=O) groups excluding carboxylic acids is 1. The fraction of sp³-hybridized carbons (Fsp3) is 0.200. The lowest BCUT2D eigenvalue weighted by molar-refractivity contribution is -0.134. The maximum atomic E-state index is 10.8. The van der Waals surface area contributed by atoms with E-state index in [1.165, 1.54) is 13.2 Å². The topological polar surface area (TPSA) is 48.4 Å². The van der Waals surface area contributed by atoms with Crippen LogP contribution in [0.2, 0.25) is 0 Å². The third-order valence-electron chi connectivity index (χ3n) is 1.58. The first-order valence-electron chi connectivity index (χ1n) is 4.02. The van der Waals surface area contributed by atoms with Crippen LogP contribution in [0.4, 0.5) is 0 Å². The highest BCUT2D eigenvalue weighted by Gasteiger charge is 1.93. The van der Waals surface area contributed by atoms with E-state index in [0.717, 1.165) is 5.56 Å². The fourth-order valence-electron chi connectivity index (χ4n) is 0.843. The molecule has 0 radical (unpaired) electrons. The van der Waals surface area contributed by atoms with Crippen LogP contribution in [0.15, 0.2) is 24.4 Å². The summed E-state index contributed by atoms with van der Waals surface area (Å²) in [7, 11) is 2.88. The molecule has 0 fully saturated rings. The van der Waals surface area contributed by atoms with Crippen molar-refractivity contribution >= 4 is 12.0 Å². The second-order valence-corrected chi connectivity index (χ2v) is 2.49. The molecule has 1 aromatic heterocycles. The molecule has 1 heterocycles. The van der Waals surface area contributed by atoms with Crippen molar-refractivity contribution in [2.24, 2.45) is 0 Å². The number of esters is 1. The van der Waals surface area contributed by atoms with Crippen LogP contribution in [0.1, 0.15) is 5.56 Å². The van der Waals surface area contributed by atoms with Gasteiger partial charge in [-0.2, -0.15) is 0 Å². The Balaban J connectivity index is 2.68. The Morgan fingerprint density at radius 2 is 2.21 bits per heavy atom. The molecule has 1 aromatic rings. The van der Waals surface area contributed by atoms with Gasteiger partial charge in [-0.25, -0.2) is 9.78 Å². The molecule has 0 saturated carbocycles. The summed E-state index contributed by atoms with van der Waals surface area (Å²) in [6.07, 6.45) is 4.57. The molecule has 0 N–H and O–H groups in total. The second-order valence-electron chi connectivity index (χ2n) is 2.49. The first-order valence-corrected chi connectivity index (χ1v) is 4.02. The van der Waals surface area contributed by atoms with Gasteiger partial charge >= 0.3 is 5.97 Å². The monoisotopic (exact) mass is 193 g/mol. The van der Waals surface area contributed by atoms with E-state index < -0.39 is 0 Å². The number of methoxy groups -OCH3 is 2. The molecule has 0 unspecified atom stereocenters. The maximum absolute atomic E-state index is 10.8. The van der Waals surface area contributed by atoms with Crippen molar-refractivity contribution in [2.75, 3.05) is 14.2 Å². The van der Waals surface area contributed by atoms with Gasteiger partial charge in [0.15, 0.2) is 0 Å². The number of hydrogen-bond donors (Lipinski definition) is 0. The quantitative estimate of drug-likeness (QED) is 0.536. The lowest BCUT2D eigenvalue weighted by atomic mass is 10.2. The fourth-order valence-corrected chi connectivity index (χ4v) is 0.843. The zero-order valence-corrected chi connectivity index (χ0v) is 8.06. The SMILES string of the molecule is COC(=O)/C=C/c1ccc(OC)nc1. The summed E-state index contributed by atoms with van der Waals surface area (Å²) in [5.41, 5.74) is 0.816. The molecule has 4 heteroatoms. The zero-order chi connectivity index (χ0) is 10.4. The minimum atomic E-state index is -0.388. The third kappa shape index (κ3) is 2.90. The van der Waals surface area contributed by atoms with Crippen LogP contribution in [0, 0.1) is 0 Å². The number of hydrogen-bond acceptors (Lipinski definition) is 4. The van der Waals surface area contributed by atoms with Gasteiger partial charge in [-0.05, 0) is 17.7 Å². The van der Waals surface area contributed by atoms with E-state index in [-0.39, 0.29) is 5.97 Å². The molecule has 74 valence electrons. The number of nitrogens with zero attached hydrogens (tertiary/aromatic N) is 1. The average Bonchev–Trinajstić information content (AvgIpc) is 2.26. The maximum Gasteiger partial charge on any atom is 0.330 e. The predicted octanol–water partition coefficient (Wildman–Crippen LogP) is 1.28. The van der Waals surface area contributed by atoms with E-state index in [9.17, 15) is 4.79 Å². The lowest BCUT2D eigenvalue weighted by Gasteiger charge is -1.97. The van der Waals surface area contributed by atoms with Crippen LogP contribution >= 0.6 is 0 Å². The second kappa shape index (κ2) is 5.01.